The molecule has 0 aromatic heterocycles. The van der Waals surface area contributed by atoms with Crippen LogP contribution in [0.15, 0.2) is 11.1 Å². The van der Waals surface area contributed by atoms with E-state index in [4.69, 9.17) is 4.74 Å². The highest BCUT2D eigenvalue weighted by Gasteiger charge is 2.59. The molecule has 0 amide bonds. The number of carbonyl (C=O) groups is 1. The lowest BCUT2D eigenvalue weighted by Gasteiger charge is -2.33. The van der Waals surface area contributed by atoms with Gasteiger partial charge in [-0.3, -0.25) is 9.00 Å². The second-order valence-corrected chi connectivity index (χ2v) is 6.72. The molecule has 3 nitrogen and oxygen atoms in total. The van der Waals surface area contributed by atoms with Gasteiger partial charge in [0.15, 0.2) is 4.75 Å². The summed E-state index contributed by atoms with van der Waals surface area (Å²) in [7, 11) is -1.14. The molecule has 2 heterocycles. The normalized spacial score (nSPS) is 44.0. The van der Waals surface area contributed by atoms with E-state index in [0.29, 0.717) is 12.2 Å². The van der Waals surface area contributed by atoms with E-state index in [9.17, 15) is 9.00 Å². The lowest BCUT2D eigenvalue weighted by Crippen LogP contribution is -2.48. The van der Waals surface area contributed by atoms with Gasteiger partial charge in [0.05, 0.1) is 0 Å². The average molecular weight is 242 g/mol. The van der Waals surface area contributed by atoms with Gasteiger partial charge >= 0.3 is 5.97 Å². The van der Waals surface area contributed by atoms with E-state index >= 15 is 0 Å². The lowest BCUT2D eigenvalue weighted by atomic mass is 9.85. The molecular formula is C12H18O3S. The summed E-state index contributed by atoms with van der Waals surface area (Å²) in [5.41, 5.74) is 2.35. The summed E-state index contributed by atoms with van der Waals surface area (Å²) in [6.45, 7) is 7.88. The van der Waals surface area contributed by atoms with Crippen LogP contribution in [-0.4, -0.2) is 26.8 Å². The monoisotopic (exact) mass is 242 g/mol. The Hall–Kier alpha value is -0.640. The Balaban J connectivity index is 2.47. The minimum Gasteiger partial charge on any atom is -0.461 e. The third-order valence-corrected chi connectivity index (χ3v) is 6.28. The summed E-state index contributed by atoms with van der Waals surface area (Å²) in [6, 6.07) is 0. The number of hydrogen-bond donors (Lipinski definition) is 0. The number of esters is 1. The zero-order valence-corrected chi connectivity index (χ0v) is 11.0. The highest BCUT2D eigenvalue weighted by atomic mass is 32.2. The van der Waals surface area contributed by atoms with Gasteiger partial charge < -0.3 is 4.74 Å². The van der Waals surface area contributed by atoms with Crippen molar-refractivity contribution in [1.82, 2.24) is 0 Å². The molecule has 1 fully saturated rings. The van der Waals surface area contributed by atoms with Gasteiger partial charge in [-0.2, -0.15) is 0 Å². The number of hydrogen-bond acceptors (Lipinski definition) is 3. The molecule has 0 unspecified atom stereocenters. The topological polar surface area (TPSA) is 43.4 Å². The Kier molecular flexibility index (Phi) is 2.73. The van der Waals surface area contributed by atoms with Gasteiger partial charge in [-0.05, 0) is 27.2 Å². The first kappa shape index (κ1) is 11.8. The smallest absolute Gasteiger partial charge is 0.325 e. The Morgan fingerprint density at radius 3 is 2.44 bits per heavy atom. The van der Waals surface area contributed by atoms with Crippen LogP contribution in [0.1, 0.15) is 34.1 Å². The molecule has 1 spiro atoms. The molecule has 4 atom stereocenters. The zero-order valence-electron chi connectivity index (χ0n) is 10.2. The van der Waals surface area contributed by atoms with Gasteiger partial charge in [-0.25, -0.2) is 0 Å². The van der Waals surface area contributed by atoms with Crippen molar-refractivity contribution in [2.75, 3.05) is 5.75 Å². The SMILES string of the molecule is CC1=C(C)C[C@]2(C(=O)O[C@H](C)[C@H]2C)[S@](=O)C1. The van der Waals surface area contributed by atoms with Gasteiger partial charge in [0.25, 0.3) is 0 Å². The maximum Gasteiger partial charge on any atom is 0.325 e. The van der Waals surface area contributed by atoms with E-state index in [2.05, 4.69) is 0 Å². The third-order valence-electron chi connectivity index (χ3n) is 4.09. The van der Waals surface area contributed by atoms with Crippen LogP contribution in [0.3, 0.4) is 0 Å². The maximum absolute atomic E-state index is 12.3. The van der Waals surface area contributed by atoms with Crippen LogP contribution in [0.4, 0.5) is 0 Å². The van der Waals surface area contributed by atoms with Gasteiger partial charge in [0.2, 0.25) is 0 Å². The molecule has 1 saturated heterocycles. The summed E-state index contributed by atoms with van der Waals surface area (Å²) in [6.07, 6.45) is 0.470. The molecule has 0 aliphatic carbocycles. The van der Waals surface area contributed by atoms with Gasteiger partial charge in [-0.15, -0.1) is 0 Å². The molecular weight excluding hydrogens is 224 g/mol. The highest BCUT2D eigenvalue weighted by Crippen LogP contribution is 2.44. The summed E-state index contributed by atoms with van der Waals surface area (Å²) in [5.74, 6) is 0.277. The third kappa shape index (κ3) is 1.39. The van der Waals surface area contributed by atoms with Crippen LogP contribution in [0, 0.1) is 5.92 Å². The maximum atomic E-state index is 12.3. The fraction of sp³-hybridized carbons (Fsp3) is 0.750. The minimum atomic E-state index is -1.14. The van der Waals surface area contributed by atoms with Gasteiger partial charge in [0.1, 0.15) is 6.10 Å². The van der Waals surface area contributed by atoms with Crippen molar-refractivity contribution >= 4 is 16.8 Å². The molecule has 0 aromatic carbocycles. The molecule has 2 rings (SSSR count). The second kappa shape index (κ2) is 3.69. The first-order valence-electron chi connectivity index (χ1n) is 5.64. The largest absolute Gasteiger partial charge is 0.461 e. The molecule has 0 saturated carbocycles. The minimum absolute atomic E-state index is 0.0314. The van der Waals surface area contributed by atoms with Crippen molar-refractivity contribution in [2.45, 2.75) is 45.0 Å². The van der Waals surface area contributed by atoms with E-state index in [-0.39, 0.29) is 18.0 Å². The molecule has 0 N–H and O–H groups in total. The summed E-state index contributed by atoms with van der Waals surface area (Å²) in [5, 5.41) is 0. The molecule has 0 bridgehead atoms. The van der Waals surface area contributed by atoms with Crippen molar-refractivity contribution < 1.29 is 13.7 Å². The van der Waals surface area contributed by atoms with Crippen molar-refractivity contribution in [2.24, 2.45) is 5.92 Å². The van der Waals surface area contributed by atoms with Gasteiger partial charge in [0, 0.05) is 22.5 Å². The van der Waals surface area contributed by atoms with Crippen molar-refractivity contribution in [1.29, 1.82) is 0 Å². The fourth-order valence-corrected chi connectivity index (χ4v) is 4.66. The van der Waals surface area contributed by atoms with E-state index in [1.165, 1.54) is 5.57 Å². The first-order chi connectivity index (χ1) is 7.39. The summed E-state index contributed by atoms with van der Waals surface area (Å²) in [4.78, 5) is 12.0. The highest BCUT2D eigenvalue weighted by molar-refractivity contribution is 7.87. The number of cyclic esters (lactones) is 1. The number of allylic oxidation sites excluding steroid dienone is 1. The standard InChI is InChI=1S/C12H18O3S/c1-7-5-12(16(14)6-8(7)2)9(3)10(4)15-11(12)13/h9-10H,5-6H2,1-4H3/t9-,10-,12+,16-/m1/s1. The molecule has 0 radical (unpaired) electrons. The molecule has 2 aliphatic rings. The predicted molar refractivity (Wildman–Crippen MR) is 63.4 cm³/mol. The van der Waals surface area contributed by atoms with Crippen LogP contribution in [0.2, 0.25) is 0 Å². The predicted octanol–water partition coefficient (Wildman–Crippen LogP) is 1.80. The molecule has 90 valence electrons. The van der Waals surface area contributed by atoms with E-state index in [1.807, 2.05) is 27.7 Å². The van der Waals surface area contributed by atoms with E-state index < -0.39 is 15.5 Å². The lowest BCUT2D eigenvalue weighted by molar-refractivity contribution is -0.142. The Bertz CT molecular complexity index is 399. The Morgan fingerprint density at radius 1 is 1.31 bits per heavy atom. The van der Waals surface area contributed by atoms with Crippen molar-refractivity contribution in [3.63, 3.8) is 0 Å². The summed E-state index contributed by atoms with van der Waals surface area (Å²) < 4.78 is 16.8. The van der Waals surface area contributed by atoms with Crippen LogP contribution in [0.5, 0.6) is 0 Å². The van der Waals surface area contributed by atoms with Crippen LogP contribution >= 0.6 is 0 Å². The van der Waals surface area contributed by atoms with Gasteiger partial charge in [-0.1, -0.05) is 18.1 Å². The number of carbonyl (C=O) groups excluding carboxylic acids is 1. The molecule has 4 heteroatoms. The molecule has 16 heavy (non-hydrogen) atoms. The number of ether oxygens (including phenoxy) is 1. The average Bonchev–Trinajstić information content (AvgIpc) is 2.41. The van der Waals surface area contributed by atoms with Crippen molar-refractivity contribution in [3.8, 4) is 0 Å². The van der Waals surface area contributed by atoms with E-state index in [0.717, 1.165) is 5.57 Å². The number of rotatable bonds is 0. The van der Waals surface area contributed by atoms with Crippen LogP contribution < -0.4 is 0 Å². The summed E-state index contributed by atoms with van der Waals surface area (Å²) >= 11 is 0. The van der Waals surface area contributed by atoms with Crippen molar-refractivity contribution in [3.05, 3.63) is 11.1 Å². The van der Waals surface area contributed by atoms with Crippen LogP contribution in [-0.2, 0) is 20.3 Å². The van der Waals surface area contributed by atoms with E-state index in [1.54, 1.807) is 0 Å². The molecule has 0 aromatic rings. The second-order valence-electron chi connectivity index (χ2n) is 5.02. The molecule has 2 aliphatic heterocycles. The first-order valence-corrected chi connectivity index (χ1v) is 6.96. The van der Waals surface area contributed by atoms with Crippen LogP contribution in [0.25, 0.3) is 0 Å². The fourth-order valence-electron chi connectivity index (χ4n) is 2.54. The Morgan fingerprint density at radius 2 is 1.94 bits per heavy atom. The quantitative estimate of drug-likeness (QED) is 0.480. The zero-order chi connectivity index (χ0) is 12.1. The Labute approximate surface area is 98.7 Å².